The van der Waals surface area contributed by atoms with E-state index < -0.39 is 0 Å². The van der Waals surface area contributed by atoms with E-state index in [2.05, 4.69) is 52.4 Å². The summed E-state index contributed by atoms with van der Waals surface area (Å²) in [5, 5.41) is 3.24. The van der Waals surface area contributed by atoms with Crippen LogP contribution in [0.15, 0.2) is 78.5 Å². The first-order valence-corrected chi connectivity index (χ1v) is 11.8. The van der Waals surface area contributed by atoms with E-state index in [-0.39, 0.29) is 6.04 Å². The van der Waals surface area contributed by atoms with Crippen molar-refractivity contribution in [3.05, 3.63) is 78.5 Å². The van der Waals surface area contributed by atoms with Gasteiger partial charge in [-0.1, -0.05) is 36.5 Å². The number of methoxy groups -OCH3 is 1. The summed E-state index contributed by atoms with van der Waals surface area (Å²) in [4.78, 5) is 17.7. The molecule has 36 heavy (non-hydrogen) atoms. The van der Waals surface area contributed by atoms with Gasteiger partial charge in [0.2, 0.25) is 5.95 Å². The number of aromatic nitrogens is 3. The molecule has 0 spiro atoms. The van der Waals surface area contributed by atoms with Gasteiger partial charge >= 0.3 is 0 Å². The third-order valence-electron chi connectivity index (χ3n) is 5.67. The Morgan fingerprint density at radius 3 is 2.61 bits per heavy atom. The summed E-state index contributed by atoms with van der Waals surface area (Å²) >= 11 is 0. The average molecular weight is 489 g/mol. The lowest BCUT2D eigenvalue weighted by atomic mass is 9.96. The van der Waals surface area contributed by atoms with Crippen LogP contribution in [0.1, 0.15) is 34.6 Å². The first-order chi connectivity index (χ1) is 17.2. The molecule has 1 aliphatic rings. The van der Waals surface area contributed by atoms with Crippen molar-refractivity contribution in [3.63, 3.8) is 0 Å². The van der Waals surface area contributed by atoms with Gasteiger partial charge in [-0.25, -0.2) is 9.97 Å². The SMILES string of the molecule is C=CN(C=C(C)C)c1ncc(Nc2ncc3c(n2)N(C)C(C(=C/C)/C(C)=C\C(=C)C)CO3)cc1OC. The van der Waals surface area contributed by atoms with Crippen molar-refractivity contribution in [1.29, 1.82) is 0 Å². The number of likely N-dealkylation sites (N-methyl/N-ethyl adjacent to an activating group) is 1. The van der Waals surface area contributed by atoms with E-state index in [1.807, 2.05) is 51.9 Å². The molecule has 0 bridgehead atoms. The summed E-state index contributed by atoms with van der Waals surface area (Å²) in [6.07, 6.45) is 11.2. The summed E-state index contributed by atoms with van der Waals surface area (Å²) < 4.78 is 11.6. The second kappa shape index (κ2) is 11.6. The van der Waals surface area contributed by atoms with Gasteiger partial charge in [0.25, 0.3) is 0 Å². The molecule has 0 saturated carbocycles. The molecule has 3 rings (SSSR count). The van der Waals surface area contributed by atoms with Crippen LogP contribution in [0.3, 0.4) is 0 Å². The quantitative estimate of drug-likeness (QED) is 0.421. The number of allylic oxidation sites excluding steroid dienone is 4. The van der Waals surface area contributed by atoms with Gasteiger partial charge in [-0.2, -0.15) is 4.98 Å². The molecule has 1 aliphatic heterocycles. The lowest BCUT2D eigenvalue weighted by Crippen LogP contribution is -2.42. The number of hydrogen-bond donors (Lipinski definition) is 1. The van der Waals surface area contributed by atoms with Gasteiger partial charge < -0.3 is 24.6 Å². The molecule has 0 aromatic carbocycles. The number of anilines is 4. The minimum Gasteiger partial charge on any atom is -0.493 e. The molecule has 2 aromatic heterocycles. The molecule has 0 amide bonds. The molecule has 3 heterocycles. The summed E-state index contributed by atoms with van der Waals surface area (Å²) in [6, 6.07) is 1.87. The Kier molecular flexibility index (Phi) is 8.53. The third kappa shape index (κ3) is 5.94. The van der Waals surface area contributed by atoms with Crippen LogP contribution in [0.25, 0.3) is 0 Å². The molecule has 190 valence electrons. The molecule has 8 nitrogen and oxygen atoms in total. The van der Waals surface area contributed by atoms with E-state index >= 15 is 0 Å². The zero-order valence-electron chi connectivity index (χ0n) is 22.3. The smallest absolute Gasteiger partial charge is 0.229 e. The van der Waals surface area contributed by atoms with Crippen molar-refractivity contribution in [2.24, 2.45) is 0 Å². The van der Waals surface area contributed by atoms with E-state index in [4.69, 9.17) is 14.5 Å². The number of nitrogens with zero attached hydrogens (tertiary/aromatic N) is 5. The first-order valence-electron chi connectivity index (χ1n) is 11.8. The molecule has 0 aliphatic carbocycles. The van der Waals surface area contributed by atoms with Crippen LogP contribution in [0.5, 0.6) is 11.5 Å². The maximum absolute atomic E-state index is 6.03. The maximum atomic E-state index is 6.03. The Morgan fingerprint density at radius 2 is 2.00 bits per heavy atom. The highest BCUT2D eigenvalue weighted by molar-refractivity contribution is 5.66. The number of nitrogens with one attached hydrogen (secondary N) is 1. The molecule has 0 radical (unpaired) electrons. The zero-order chi connectivity index (χ0) is 26.4. The summed E-state index contributed by atoms with van der Waals surface area (Å²) in [6.45, 7) is 18.5. The van der Waals surface area contributed by atoms with Crippen LogP contribution in [0.4, 0.5) is 23.3 Å². The van der Waals surface area contributed by atoms with E-state index in [1.54, 1.807) is 25.7 Å². The molecular weight excluding hydrogens is 452 g/mol. The molecule has 1 atom stereocenters. The maximum Gasteiger partial charge on any atom is 0.229 e. The highest BCUT2D eigenvalue weighted by Gasteiger charge is 2.30. The monoisotopic (exact) mass is 488 g/mol. The van der Waals surface area contributed by atoms with Crippen molar-refractivity contribution in [2.45, 2.75) is 40.7 Å². The number of fused-ring (bicyclic) bond motifs is 1. The normalized spacial score (nSPS) is 15.4. The second-order valence-corrected chi connectivity index (χ2v) is 8.91. The van der Waals surface area contributed by atoms with E-state index in [0.717, 1.165) is 16.7 Å². The van der Waals surface area contributed by atoms with Crippen LogP contribution in [0, 0.1) is 0 Å². The third-order valence-corrected chi connectivity index (χ3v) is 5.67. The molecule has 0 saturated heterocycles. The Bertz CT molecular complexity index is 1230. The Labute approximate surface area is 214 Å². The van der Waals surface area contributed by atoms with Gasteiger partial charge in [-0.05, 0) is 45.8 Å². The van der Waals surface area contributed by atoms with Crippen LogP contribution >= 0.6 is 0 Å². The second-order valence-electron chi connectivity index (χ2n) is 8.91. The van der Waals surface area contributed by atoms with Gasteiger partial charge in [-0.3, -0.25) is 0 Å². The predicted octanol–water partition coefficient (Wildman–Crippen LogP) is 6.16. The standard InChI is InChI=1S/C28H36N6O2/c1-10-22(20(7)12-18(3)4)23-17-36-25-15-30-28(32-27(25)33(23)8)31-21-13-24(35-9)26(29-14-21)34(11-2)16-19(5)6/h10-16,23H,2-3,17H2,1,4-9H3,(H,30,31,32)/b20-12-,22-10+. The van der Waals surface area contributed by atoms with Crippen molar-refractivity contribution < 1.29 is 9.47 Å². The zero-order valence-corrected chi connectivity index (χ0v) is 22.3. The van der Waals surface area contributed by atoms with Gasteiger partial charge in [0.05, 0.1) is 31.2 Å². The average Bonchev–Trinajstić information content (AvgIpc) is 2.84. The van der Waals surface area contributed by atoms with E-state index in [1.165, 1.54) is 5.57 Å². The highest BCUT2D eigenvalue weighted by atomic mass is 16.5. The van der Waals surface area contributed by atoms with E-state index in [9.17, 15) is 0 Å². The number of ether oxygens (including phenoxy) is 2. The number of pyridine rings is 1. The Morgan fingerprint density at radius 1 is 1.25 bits per heavy atom. The fraction of sp³-hybridized carbons (Fsp3) is 0.321. The van der Waals surface area contributed by atoms with Gasteiger partial charge in [-0.15, -0.1) is 0 Å². The Balaban J connectivity index is 1.88. The van der Waals surface area contributed by atoms with Crippen molar-refractivity contribution >= 4 is 23.3 Å². The highest BCUT2D eigenvalue weighted by Crippen LogP contribution is 2.36. The molecule has 1 unspecified atom stereocenters. The minimum absolute atomic E-state index is 0.0156. The fourth-order valence-electron chi connectivity index (χ4n) is 4.10. The van der Waals surface area contributed by atoms with Crippen molar-refractivity contribution in [1.82, 2.24) is 15.0 Å². The van der Waals surface area contributed by atoms with Gasteiger partial charge in [0.15, 0.2) is 23.1 Å². The van der Waals surface area contributed by atoms with Crippen LogP contribution in [-0.4, -0.2) is 41.8 Å². The predicted molar refractivity (Wildman–Crippen MR) is 148 cm³/mol. The fourth-order valence-corrected chi connectivity index (χ4v) is 4.10. The van der Waals surface area contributed by atoms with Crippen LogP contribution in [0.2, 0.25) is 0 Å². The van der Waals surface area contributed by atoms with Crippen LogP contribution in [-0.2, 0) is 0 Å². The summed E-state index contributed by atoms with van der Waals surface area (Å²) in [5.41, 5.74) is 5.14. The molecule has 0 fully saturated rings. The summed E-state index contributed by atoms with van der Waals surface area (Å²) in [5.74, 6) is 3.02. The molecule has 8 heteroatoms. The largest absolute Gasteiger partial charge is 0.493 e. The summed E-state index contributed by atoms with van der Waals surface area (Å²) in [7, 11) is 3.63. The number of rotatable bonds is 9. The van der Waals surface area contributed by atoms with Crippen molar-refractivity contribution in [3.8, 4) is 11.5 Å². The topological polar surface area (TPSA) is 75.6 Å². The van der Waals surface area contributed by atoms with E-state index in [0.29, 0.717) is 41.4 Å². The molecular formula is C28H36N6O2. The molecule has 2 aromatic rings. The Hall–Kier alpha value is -4.07. The van der Waals surface area contributed by atoms with Crippen molar-refractivity contribution in [2.75, 3.05) is 35.9 Å². The minimum atomic E-state index is 0.0156. The van der Waals surface area contributed by atoms with Crippen LogP contribution < -0.4 is 24.6 Å². The lowest BCUT2D eigenvalue weighted by Gasteiger charge is -2.36. The van der Waals surface area contributed by atoms with Gasteiger partial charge in [0.1, 0.15) is 6.61 Å². The lowest BCUT2D eigenvalue weighted by molar-refractivity contribution is 0.278. The number of hydrogen-bond acceptors (Lipinski definition) is 8. The van der Waals surface area contributed by atoms with Gasteiger partial charge in [0, 0.05) is 25.5 Å². The molecule has 1 N–H and O–H groups in total. The first kappa shape index (κ1) is 26.5.